The van der Waals surface area contributed by atoms with Crippen LogP contribution in [0.3, 0.4) is 0 Å². The molecule has 1 aromatic carbocycles. The molecule has 0 heterocycles. The molecule has 0 aromatic heterocycles. The predicted octanol–water partition coefficient (Wildman–Crippen LogP) is 2.39. The minimum atomic E-state index is -0.235. The summed E-state index contributed by atoms with van der Waals surface area (Å²) < 4.78 is 12.3. The first-order valence-electron chi connectivity index (χ1n) is 4.18. The molecule has 1 rings (SSSR count). The first-order chi connectivity index (χ1) is 5.83. The van der Waals surface area contributed by atoms with Gasteiger partial charge in [0.2, 0.25) is 0 Å². The lowest BCUT2D eigenvalue weighted by Crippen LogP contribution is -1.89. The molecule has 1 nitrogen and oxygen atoms in total. The molecule has 0 saturated carbocycles. The molecule has 0 bridgehead atoms. The molecular formula is C10H15FO. The zero-order valence-corrected chi connectivity index (χ0v) is 7.55. The van der Waals surface area contributed by atoms with E-state index in [1.807, 2.05) is 13.8 Å². The summed E-state index contributed by atoms with van der Waals surface area (Å²) >= 11 is 0. The molecule has 0 aliphatic heterocycles. The van der Waals surface area contributed by atoms with E-state index in [2.05, 4.69) is 0 Å². The Labute approximate surface area is 72.9 Å². The lowest BCUT2D eigenvalue weighted by Gasteiger charge is -1.95. The van der Waals surface area contributed by atoms with Crippen molar-refractivity contribution in [2.75, 3.05) is 6.61 Å². The highest BCUT2D eigenvalue weighted by Crippen LogP contribution is 2.02. The van der Waals surface area contributed by atoms with Gasteiger partial charge in [-0.05, 0) is 24.1 Å². The van der Waals surface area contributed by atoms with E-state index < -0.39 is 0 Å². The predicted molar refractivity (Wildman–Crippen MR) is 48.5 cm³/mol. The normalized spacial score (nSPS) is 8.67. The molecule has 0 radical (unpaired) electrons. The lowest BCUT2D eigenvalue weighted by molar-refractivity contribution is 0.299. The van der Waals surface area contributed by atoms with E-state index in [-0.39, 0.29) is 12.4 Å². The van der Waals surface area contributed by atoms with Gasteiger partial charge in [-0.3, -0.25) is 0 Å². The molecule has 12 heavy (non-hydrogen) atoms. The Kier molecular flexibility index (Phi) is 6.29. The molecule has 1 aromatic rings. The van der Waals surface area contributed by atoms with Crippen LogP contribution in [0.1, 0.15) is 19.4 Å². The van der Waals surface area contributed by atoms with Gasteiger partial charge in [-0.25, -0.2) is 4.39 Å². The minimum Gasteiger partial charge on any atom is -0.396 e. The molecule has 0 saturated heterocycles. The van der Waals surface area contributed by atoms with Crippen molar-refractivity contribution in [2.24, 2.45) is 0 Å². The summed E-state index contributed by atoms with van der Waals surface area (Å²) in [6.45, 7) is 4.12. The van der Waals surface area contributed by atoms with Crippen molar-refractivity contribution >= 4 is 0 Å². The highest BCUT2D eigenvalue weighted by molar-refractivity contribution is 5.15. The third kappa shape index (κ3) is 4.09. The number of halogens is 1. The molecular weight excluding hydrogens is 155 g/mol. The number of aliphatic hydroxyl groups is 1. The largest absolute Gasteiger partial charge is 0.396 e. The quantitative estimate of drug-likeness (QED) is 0.722. The summed E-state index contributed by atoms with van der Waals surface area (Å²) in [5, 5.41) is 8.50. The Morgan fingerprint density at radius 2 is 1.67 bits per heavy atom. The van der Waals surface area contributed by atoms with E-state index in [1.54, 1.807) is 12.1 Å². The van der Waals surface area contributed by atoms with Crippen molar-refractivity contribution in [3.05, 3.63) is 35.6 Å². The maximum atomic E-state index is 12.3. The number of benzene rings is 1. The van der Waals surface area contributed by atoms with Crippen LogP contribution in [0.2, 0.25) is 0 Å². The molecule has 0 atom stereocenters. The van der Waals surface area contributed by atoms with E-state index in [0.717, 1.165) is 5.56 Å². The van der Waals surface area contributed by atoms with Gasteiger partial charge in [-0.15, -0.1) is 0 Å². The highest BCUT2D eigenvalue weighted by atomic mass is 19.1. The second-order valence-corrected chi connectivity index (χ2v) is 2.10. The second-order valence-electron chi connectivity index (χ2n) is 2.10. The first-order valence-corrected chi connectivity index (χ1v) is 4.18. The molecule has 2 heteroatoms. The second kappa shape index (κ2) is 6.80. The van der Waals surface area contributed by atoms with Gasteiger partial charge in [0, 0.05) is 6.61 Å². The van der Waals surface area contributed by atoms with Crippen LogP contribution >= 0.6 is 0 Å². The Morgan fingerprint density at radius 1 is 1.17 bits per heavy atom. The number of hydrogen-bond donors (Lipinski definition) is 1. The van der Waals surface area contributed by atoms with Crippen LogP contribution in [0.4, 0.5) is 4.39 Å². The van der Waals surface area contributed by atoms with E-state index in [0.29, 0.717) is 6.42 Å². The summed E-state index contributed by atoms with van der Waals surface area (Å²) in [7, 11) is 0. The molecule has 0 fully saturated rings. The minimum absolute atomic E-state index is 0.117. The standard InChI is InChI=1S/C8H9FO.C2H6/c9-8-3-1-7(2-4-8)5-6-10;1-2/h1-4,10H,5-6H2;1-2H3. The average molecular weight is 170 g/mol. The van der Waals surface area contributed by atoms with Crippen molar-refractivity contribution in [1.82, 2.24) is 0 Å². The summed E-state index contributed by atoms with van der Waals surface area (Å²) in [5.41, 5.74) is 0.962. The van der Waals surface area contributed by atoms with E-state index >= 15 is 0 Å². The molecule has 0 aliphatic rings. The van der Waals surface area contributed by atoms with Gasteiger partial charge in [0.05, 0.1) is 0 Å². The maximum Gasteiger partial charge on any atom is 0.123 e. The van der Waals surface area contributed by atoms with Crippen LogP contribution in [0, 0.1) is 5.82 Å². The van der Waals surface area contributed by atoms with Crippen molar-refractivity contribution in [2.45, 2.75) is 20.3 Å². The Hall–Kier alpha value is -0.890. The van der Waals surface area contributed by atoms with Crippen molar-refractivity contribution in [3.63, 3.8) is 0 Å². The van der Waals surface area contributed by atoms with Gasteiger partial charge < -0.3 is 5.11 Å². The van der Waals surface area contributed by atoms with Crippen LogP contribution in [0.15, 0.2) is 24.3 Å². The zero-order valence-electron chi connectivity index (χ0n) is 7.55. The fraction of sp³-hybridized carbons (Fsp3) is 0.400. The van der Waals surface area contributed by atoms with Gasteiger partial charge in [-0.2, -0.15) is 0 Å². The SMILES string of the molecule is CC.OCCc1ccc(F)cc1. The van der Waals surface area contributed by atoms with Crippen molar-refractivity contribution in [3.8, 4) is 0 Å². The molecule has 0 spiro atoms. The van der Waals surface area contributed by atoms with Gasteiger partial charge in [0.1, 0.15) is 5.82 Å². The highest BCUT2D eigenvalue weighted by Gasteiger charge is 1.90. The smallest absolute Gasteiger partial charge is 0.123 e. The summed E-state index contributed by atoms with van der Waals surface area (Å²) in [4.78, 5) is 0. The van der Waals surface area contributed by atoms with Gasteiger partial charge in [0.25, 0.3) is 0 Å². The maximum absolute atomic E-state index is 12.3. The third-order valence-corrected chi connectivity index (χ3v) is 1.31. The van der Waals surface area contributed by atoms with Gasteiger partial charge in [-0.1, -0.05) is 26.0 Å². The van der Waals surface area contributed by atoms with E-state index in [9.17, 15) is 4.39 Å². The Balaban J connectivity index is 0.000000561. The van der Waals surface area contributed by atoms with Gasteiger partial charge >= 0.3 is 0 Å². The number of rotatable bonds is 2. The first kappa shape index (κ1) is 11.1. The zero-order chi connectivity index (χ0) is 9.40. The van der Waals surface area contributed by atoms with Gasteiger partial charge in [0.15, 0.2) is 0 Å². The van der Waals surface area contributed by atoms with Crippen LogP contribution < -0.4 is 0 Å². The Morgan fingerprint density at radius 3 is 2.08 bits per heavy atom. The van der Waals surface area contributed by atoms with Crippen LogP contribution in [-0.4, -0.2) is 11.7 Å². The molecule has 0 unspecified atom stereocenters. The fourth-order valence-corrected chi connectivity index (χ4v) is 0.780. The van der Waals surface area contributed by atoms with Crippen LogP contribution in [0.5, 0.6) is 0 Å². The number of hydrogen-bond acceptors (Lipinski definition) is 1. The lowest BCUT2D eigenvalue weighted by atomic mass is 10.2. The van der Waals surface area contributed by atoms with Crippen LogP contribution in [0.25, 0.3) is 0 Å². The average Bonchev–Trinajstić information content (AvgIpc) is 2.13. The number of aliphatic hydroxyl groups excluding tert-OH is 1. The molecule has 0 amide bonds. The monoisotopic (exact) mass is 170 g/mol. The van der Waals surface area contributed by atoms with E-state index in [1.165, 1.54) is 12.1 Å². The molecule has 0 aliphatic carbocycles. The topological polar surface area (TPSA) is 20.2 Å². The third-order valence-electron chi connectivity index (χ3n) is 1.31. The summed E-state index contributed by atoms with van der Waals surface area (Å²) in [6.07, 6.45) is 0.597. The Bertz CT molecular complexity index is 193. The molecule has 68 valence electrons. The summed E-state index contributed by atoms with van der Waals surface area (Å²) in [5.74, 6) is -0.235. The van der Waals surface area contributed by atoms with Crippen molar-refractivity contribution < 1.29 is 9.50 Å². The molecule has 1 N–H and O–H groups in total. The van der Waals surface area contributed by atoms with Crippen LogP contribution in [-0.2, 0) is 6.42 Å². The summed E-state index contributed by atoms with van der Waals surface area (Å²) in [6, 6.07) is 6.13. The fourth-order valence-electron chi connectivity index (χ4n) is 0.780. The van der Waals surface area contributed by atoms with Crippen molar-refractivity contribution in [1.29, 1.82) is 0 Å². The van der Waals surface area contributed by atoms with E-state index in [4.69, 9.17) is 5.11 Å².